The molecule has 1 N–H and O–H groups in total. The minimum atomic E-state index is 0.793. The SMILES string of the molecule is Cc1ccc(Cl)c(NCC2CC3C=CC2C3)c1. The van der Waals surface area contributed by atoms with Crippen LogP contribution in [0.4, 0.5) is 5.69 Å². The lowest BCUT2D eigenvalue weighted by Crippen LogP contribution is -2.18. The van der Waals surface area contributed by atoms with Crippen LogP contribution in [0.3, 0.4) is 0 Å². The van der Waals surface area contributed by atoms with Gasteiger partial charge >= 0.3 is 0 Å². The Morgan fingerprint density at radius 3 is 2.88 bits per heavy atom. The molecule has 2 heteroatoms. The van der Waals surface area contributed by atoms with Crippen molar-refractivity contribution < 1.29 is 0 Å². The Hall–Kier alpha value is -0.950. The summed E-state index contributed by atoms with van der Waals surface area (Å²) in [5, 5.41) is 4.34. The Morgan fingerprint density at radius 1 is 1.29 bits per heavy atom. The number of fused-ring (bicyclic) bond motifs is 2. The first-order valence-electron chi connectivity index (χ1n) is 6.41. The van der Waals surface area contributed by atoms with Crippen molar-refractivity contribution in [3.63, 3.8) is 0 Å². The predicted octanol–water partition coefficient (Wildman–Crippen LogP) is 4.27. The molecule has 0 saturated heterocycles. The maximum atomic E-state index is 6.18. The summed E-state index contributed by atoms with van der Waals surface area (Å²) in [6, 6.07) is 6.15. The molecule has 0 spiro atoms. The molecule has 1 aromatic rings. The summed E-state index contributed by atoms with van der Waals surface area (Å²) in [4.78, 5) is 0. The molecule has 0 radical (unpaired) electrons. The van der Waals surface area contributed by atoms with Gasteiger partial charge in [0.2, 0.25) is 0 Å². The first kappa shape index (κ1) is 11.2. The Labute approximate surface area is 108 Å². The van der Waals surface area contributed by atoms with E-state index >= 15 is 0 Å². The summed E-state index contributed by atoms with van der Waals surface area (Å²) in [6.07, 6.45) is 7.50. The topological polar surface area (TPSA) is 12.0 Å². The average molecular weight is 248 g/mol. The third kappa shape index (κ3) is 2.21. The molecule has 0 aromatic heterocycles. The smallest absolute Gasteiger partial charge is 0.0637 e. The van der Waals surface area contributed by atoms with Crippen molar-refractivity contribution in [1.82, 2.24) is 0 Å². The van der Waals surface area contributed by atoms with Crippen molar-refractivity contribution in [2.45, 2.75) is 19.8 Å². The van der Waals surface area contributed by atoms with Crippen molar-refractivity contribution in [3.05, 3.63) is 40.9 Å². The van der Waals surface area contributed by atoms with Crippen LogP contribution in [0.15, 0.2) is 30.4 Å². The molecule has 17 heavy (non-hydrogen) atoms. The quantitative estimate of drug-likeness (QED) is 0.787. The molecule has 3 unspecified atom stereocenters. The number of nitrogens with one attached hydrogen (secondary N) is 1. The number of allylic oxidation sites excluding steroid dienone is 2. The van der Waals surface area contributed by atoms with Crippen LogP contribution in [0.2, 0.25) is 5.02 Å². The molecule has 2 aliphatic carbocycles. The number of halogens is 1. The standard InChI is InChI=1S/C15H18ClN/c1-10-2-5-14(16)15(6-10)17-9-13-8-11-3-4-12(13)7-11/h2-6,11-13,17H,7-9H2,1H3. The molecule has 1 aromatic carbocycles. The number of anilines is 1. The van der Waals surface area contributed by atoms with Crippen molar-refractivity contribution in [2.75, 3.05) is 11.9 Å². The molecule has 1 saturated carbocycles. The summed E-state index contributed by atoms with van der Waals surface area (Å²) in [6.45, 7) is 3.15. The third-order valence-electron chi connectivity index (χ3n) is 4.09. The van der Waals surface area contributed by atoms with Gasteiger partial charge in [-0.2, -0.15) is 0 Å². The zero-order valence-corrected chi connectivity index (χ0v) is 10.9. The van der Waals surface area contributed by atoms with Gasteiger partial charge in [0.25, 0.3) is 0 Å². The van der Waals surface area contributed by atoms with Crippen molar-refractivity contribution in [3.8, 4) is 0 Å². The van der Waals surface area contributed by atoms with E-state index in [0.717, 1.165) is 35.0 Å². The number of benzene rings is 1. The minimum absolute atomic E-state index is 0.793. The lowest BCUT2D eigenvalue weighted by Gasteiger charge is -2.19. The first-order chi connectivity index (χ1) is 8.22. The fraction of sp³-hybridized carbons (Fsp3) is 0.467. The summed E-state index contributed by atoms with van der Waals surface area (Å²) < 4.78 is 0. The number of rotatable bonds is 3. The molecule has 0 aliphatic heterocycles. The highest BCUT2D eigenvalue weighted by Gasteiger charge is 2.35. The summed E-state index contributed by atoms with van der Waals surface area (Å²) in [5.41, 5.74) is 2.34. The zero-order valence-electron chi connectivity index (χ0n) is 10.1. The van der Waals surface area contributed by atoms with Gasteiger partial charge in [0.05, 0.1) is 10.7 Å². The maximum absolute atomic E-state index is 6.18. The lowest BCUT2D eigenvalue weighted by molar-refractivity contribution is 0.472. The van der Waals surface area contributed by atoms with Gasteiger partial charge in [-0.3, -0.25) is 0 Å². The summed E-state index contributed by atoms with van der Waals surface area (Å²) >= 11 is 6.18. The van der Waals surface area contributed by atoms with Gasteiger partial charge in [-0.1, -0.05) is 29.8 Å². The highest BCUT2D eigenvalue weighted by Crippen LogP contribution is 2.43. The van der Waals surface area contributed by atoms with Crippen LogP contribution < -0.4 is 5.32 Å². The Kier molecular flexibility index (Phi) is 2.87. The van der Waals surface area contributed by atoms with Gasteiger partial charge in [0, 0.05) is 6.54 Å². The van der Waals surface area contributed by atoms with Crippen LogP contribution in [-0.2, 0) is 0 Å². The average Bonchev–Trinajstić information content (AvgIpc) is 2.92. The van der Waals surface area contributed by atoms with E-state index in [2.05, 4.69) is 30.5 Å². The van der Waals surface area contributed by atoms with Gasteiger partial charge in [-0.15, -0.1) is 0 Å². The van der Waals surface area contributed by atoms with Crippen LogP contribution in [0, 0.1) is 24.7 Å². The predicted molar refractivity (Wildman–Crippen MR) is 73.5 cm³/mol. The Balaban J connectivity index is 1.64. The molecule has 3 rings (SSSR count). The van der Waals surface area contributed by atoms with E-state index in [4.69, 9.17) is 11.6 Å². The van der Waals surface area contributed by atoms with Gasteiger partial charge in [-0.25, -0.2) is 0 Å². The minimum Gasteiger partial charge on any atom is -0.384 e. The second-order valence-electron chi connectivity index (χ2n) is 5.40. The van der Waals surface area contributed by atoms with E-state index < -0.39 is 0 Å². The van der Waals surface area contributed by atoms with Crippen molar-refractivity contribution in [1.29, 1.82) is 0 Å². The number of aryl methyl sites for hydroxylation is 1. The molecule has 1 nitrogen and oxygen atoms in total. The molecule has 2 aliphatic rings. The molecular weight excluding hydrogens is 230 g/mol. The second-order valence-corrected chi connectivity index (χ2v) is 5.81. The van der Waals surface area contributed by atoms with E-state index in [1.54, 1.807) is 0 Å². The van der Waals surface area contributed by atoms with Gasteiger partial charge in [-0.05, 0) is 55.2 Å². The van der Waals surface area contributed by atoms with E-state index in [-0.39, 0.29) is 0 Å². The van der Waals surface area contributed by atoms with Crippen molar-refractivity contribution >= 4 is 17.3 Å². The van der Waals surface area contributed by atoms with Crippen LogP contribution in [0.25, 0.3) is 0 Å². The molecule has 0 heterocycles. The van der Waals surface area contributed by atoms with E-state index in [0.29, 0.717) is 0 Å². The van der Waals surface area contributed by atoms with Crippen molar-refractivity contribution in [2.24, 2.45) is 17.8 Å². The van der Waals surface area contributed by atoms with Gasteiger partial charge in [0.15, 0.2) is 0 Å². The fourth-order valence-corrected chi connectivity index (χ4v) is 3.33. The Bertz CT molecular complexity index is 452. The normalized spacial score (nSPS) is 29.9. The van der Waals surface area contributed by atoms with E-state index in [1.807, 2.05) is 12.1 Å². The van der Waals surface area contributed by atoms with Crippen LogP contribution in [-0.4, -0.2) is 6.54 Å². The lowest BCUT2D eigenvalue weighted by atomic mass is 9.93. The molecule has 1 fully saturated rings. The van der Waals surface area contributed by atoms with E-state index in [1.165, 1.54) is 18.4 Å². The molecular formula is C15H18ClN. The first-order valence-corrected chi connectivity index (χ1v) is 6.78. The highest BCUT2D eigenvalue weighted by molar-refractivity contribution is 6.33. The zero-order chi connectivity index (χ0) is 11.8. The van der Waals surface area contributed by atoms with E-state index in [9.17, 15) is 0 Å². The van der Waals surface area contributed by atoms with Crippen LogP contribution in [0.5, 0.6) is 0 Å². The van der Waals surface area contributed by atoms with Gasteiger partial charge in [0.1, 0.15) is 0 Å². The monoisotopic (exact) mass is 247 g/mol. The molecule has 0 amide bonds. The number of hydrogen-bond donors (Lipinski definition) is 1. The number of hydrogen-bond acceptors (Lipinski definition) is 1. The summed E-state index contributed by atoms with van der Waals surface area (Å²) in [7, 11) is 0. The maximum Gasteiger partial charge on any atom is 0.0637 e. The third-order valence-corrected chi connectivity index (χ3v) is 4.42. The highest BCUT2D eigenvalue weighted by atomic mass is 35.5. The van der Waals surface area contributed by atoms with Crippen LogP contribution >= 0.6 is 11.6 Å². The van der Waals surface area contributed by atoms with Crippen LogP contribution in [0.1, 0.15) is 18.4 Å². The van der Waals surface area contributed by atoms with Gasteiger partial charge < -0.3 is 5.32 Å². The summed E-state index contributed by atoms with van der Waals surface area (Å²) in [5.74, 6) is 2.44. The molecule has 90 valence electrons. The molecule has 3 atom stereocenters. The largest absolute Gasteiger partial charge is 0.384 e. The fourth-order valence-electron chi connectivity index (χ4n) is 3.14. The Morgan fingerprint density at radius 2 is 2.18 bits per heavy atom. The molecule has 2 bridgehead atoms. The second kappa shape index (κ2) is 4.38.